The van der Waals surface area contributed by atoms with Crippen LogP contribution >= 0.6 is 22.4 Å². The average molecular weight is 272 g/mol. The first-order valence-corrected chi connectivity index (χ1v) is 6.08. The summed E-state index contributed by atoms with van der Waals surface area (Å²) in [6, 6.07) is 0. The summed E-state index contributed by atoms with van der Waals surface area (Å²) in [4.78, 5) is 0. The smallest absolute Gasteiger partial charge is 0.153 e. The van der Waals surface area contributed by atoms with Crippen LogP contribution in [0, 0.1) is 5.92 Å². The summed E-state index contributed by atoms with van der Waals surface area (Å²) >= 11 is 2.31. The van der Waals surface area contributed by atoms with Crippen molar-refractivity contribution in [2.24, 2.45) is 5.92 Å². The Morgan fingerprint density at radius 2 is 2.08 bits per heavy atom. The Hall–Kier alpha value is 0.600. The Labute approximate surface area is 90.9 Å². The van der Waals surface area contributed by atoms with Crippen molar-refractivity contribution < 1.29 is 0 Å². The van der Waals surface area contributed by atoms with Crippen molar-refractivity contribution >= 4 is 34.6 Å². The highest BCUT2D eigenvalue weighted by Crippen LogP contribution is 2.21. The Morgan fingerprint density at radius 3 is 2.92 bits per heavy atom. The molecule has 12 heavy (non-hydrogen) atoms. The van der Waals surface area contributed by atoms with Crippen molar-refractivity contribution in [3.8, 4) is 0 Å². The van der Waals surface area contributed by atoms with E-state index in [4.69, 9.17) is 0 Å². The monoisotopic (exact) mass is 272 g/mol. The van der Waals surface area contributed by atoms with E-state index >= 15 is 0 Å². The standard InChI is InChI=1S/C9H15B2I/c12-11-10-8-9-6-4-2-1-3-5-7-9/h1-2,9H,3-8H2/b2-1+. The number of hydrogen-bond acceptors (Lipinski definition) is 0. The van der Waals surface area contributed by atoms with E-state index in [9.17, 15) is 0 Å². The molecule has 0 bridgehead atoms. The minimum absolute atomic E-state index is 0.945. The molecule has 0 saturated heterocycles. The highest BCUT2D eigenvalue weighted by molar-refractivity contribution is 14.1. The minimum atomic E-state index is 0.945. The van der Waals surface area contributed by atoms with Crippen LogP contribution in [0.4, 0.5) is 0 Å². The van der Waals surface area contributed by atoms with Crippen LogP contribution in [0.3, 0.4) is 0 Å². The van der Waals surface area contributed by atoms with Crippen molar-refractivity contribution in [2.75, 3.05) is 0 Å². The molecule has 0 aromatic heterocycles. The van der Waals surface area contributed by atoms with E-state index in [0.717, 1.165) is 5.92 Å². The van der Waals surface area contributed by atoms with Gasteiger partial charge >= 0.3 is 0 Å². The van der Waals surface area contributed by atoms with Gasteiger partial charge in [0.05, 0.1) is 7.17 Å². The molecule has 0 amide bonds. The maximum Gasteiger partial charge on any atom is 0.153 e. The molecule has 1 aliphatic rings. The molecule has 1 aliphatic carbocycles. The summed E-state index contributed by atoms with van der Waals surface area (Å²) in [6.45, 7) is 0. The molecule has 64 valence electrons. The summed E-state index contributed by atoms with van der Waals surface area (Å²) in [6.07, 6.45) is 12.8. The maximum atomic E-state index is 2.35. The van der Waals surface area contributed by atoms with Crippen LogP contribution in [-0.2, 0) is 0 Å². The van der Waals surface area contributed by atoms with Crippen molar-refractivity contribution in [1.29, 1.82) is 0 Å². The highest BCUT2D eigenvalue weighted by atomic mass is 127. The van der Waals surface area contributed by atoms with E-state index in [-0.39, 0.29) is 0 Å². The topological polar surface area (TPSA) is 0 Å². The lowest BCUT2D eigenvalue weighted by Crippen LogP contribution is -2.07. The van der Waals surface area contributed by atoms with Gasteiger partial charge in [0, 0.05) is 0 Å². The third-order valence-electron chi connectivity index (χ3n) is 2.45. The Bertz CT molecular complexity index is 136. The van der Waals surface area contributed by atoms with Gasteiger partial charge in [-0.2, -0.15) is 22.4 Å². The van der Waals surface area contributed by atoms with Gasteiger partial charge in [-0.3, -0.25) is 0 Å². The van der Waals surface area contributed by atoms with Gasteiger partial charge in [0.25, 0.3) is 0 Å². The largest absolute Gasteiger partial charge is 0.170 e. The van der Waals surface area contributed by atoms with E-state index < -0.39 is 0 Å². The number of hydrogen-bond donors (Lipinski definition) is 0. The summed E-state index contributed by atoms with van der Waals surface area (Å²) in [5, 5.41) is 2.15. The Kier molecular flexibility index (Phi) is 6.27. The van der Waals surface area contributed by atoms with E-state index in [1.54, 1.807) is 0 Å². The molecule has 0 saturated carbocycles. The average Bonchev–Trinajstić information content (AvgIpc) is 2.02. The van der Waals surface area contributed by atoms with Crippen molar-refractivity contribution in [1.82, 2.24) is 0 Å². The zero-order valence-electron chi connectivity index (χ0n) is 7.51. The van der Waals surface area contributed by atoms with E-state index in [1.165, 1.54) is 38.4 Å². The molecular formula is C9H15B2I. The van der Waals surface area contributed by atoms with Gasteiger partial charge in [0.15, 0.2) is 5.03 Å². The first-order chi connectivity index (χ1) is 5.93. The first-order valence-electron chi connectivity index (χ1n) is 4.83. The van der Waals surface area contributed by atoms with Crippen LogP contribution in [-0.4, -0.2) is 12.2 Å². The molecule has 0 aliphatic heterocycles. The molecule has 1 atom stereocenters. The van der Waals surface area contributed by atoms with Gasteiger partial charge < -0.3 is 0 Å². The predicted octanol–water partition coefficient (Wildman–Crippen LogP) is 3.21. The zero-order chi connectivity index (χ0) is 8.65. The fourth-order valence-corrected chi connectivity index (χ4v) is 2.01. The minimum Gasteiger partial charge on any atom is -0.170 e. The van der Waals surface area contributed by atoms with Gasteiger partial charge in [0.2, 0.25) is 0 Å². The van der Waals surface area contributed by atoms with E-state index in [0.29, 0.717) is 0 Å². The fraction of sp³-hybridized carbons (Fsp3) is 0.778. The second-order valence-corrected chi connectivity index (χ2v) is 4.16. The molecule has 0 heterocycles. The highest BCUT2D eigenvalue weighted by Gasteiger charge is 2.08. The third-order valence-corrected chi connectivity index (χ3v) is 2.96. The van der Waals surface area contributed by atoms with Gasteiger partial charge in [-0.25, -0.2) is 0 Å². The second-order valence-electron chi connectivity index (χ2n) is 3.44. The summed E-state index contributed by atoms with van der Waals surface area (Å²) in [5.41, 5.74) is 0. The molecule has 0 spiro atoms. The van der Waals surface area contributed by atoms with Crippen molar-refractivity contribution in [2.45, 2.75) is 38.4 Å². The molecule has 0 aromatic rings. The van der Waals surface area contributed by atoms with Crippen LogP contribution in [0.1, 0.15) is 32.1 Å². The number of allylic oxidation sites excluding steroid dienone is 2. The van der Waals surface area contributed by atoms with Gasteiger partial charge in [0.1, 0.15) is 0 Å². The van der Waals surface area contributed by atoms with Crippen molar-refractivity contribution in [3.63, 3.8) is 0 Å². The van der Waals surface area contributed by atoms with Crippen LogP contribution in [0.15, 0.2) is 12.2 Å². The molecule has 2 radical (unpaired) electrons. The number of halogens is 1. The second kappa shape index (κ2) is 7.05. The van der Waals surface area contributed by atoms with Crippen LogP contribution in [0.25, 0.3) is 0 Å². The van der Waals surface area contributed by atoms with Gasteiger partial charge in [-0.15, -0.1) is 0 Å². The predicted molar refractivity (Wildman–Crippen MR) is 66.1 cm³/mol. The maximum absolute atomic E-state index is 2.35. The van der Waals surface area contributed by atoms with Crippen LogP contribution in [0.5, 0.6) is 0 Å². The quantitative estimate of drug-likeness (QED) is 0.420. The zero-order valence-corrected chi connectivity index (χ0v) is 9.66. The van der Waals surface area contributed by atoms with Crippen LogP contribution < -0.4 is 0 Å². The van der Waals surface area contributed by atoms with Gasteiger partial charge in [-0.1, -0.05) is 24.9 Å². The number of rotatable bonds is 3. The summed E-state index contributed by atoms with van der Waals surface area (Å²) < 4.78 is 0. The normalized spacial score (nSPS) is 26.9. The van der Waals surface area contributed by atoms with E-state index in [2.05, 4.69) is 46.7 Å². The van der Waals surface area contributed by atoms with Crippen LogP contribution in [0.2, 0.25) is 6.32 Å². The molecular weight excluding hydrogens is 257 g/mol. The lowest BCUT2D eigenvalue weighted by molar-refractivity contribution is 0.473. The molecule has 3 heteroatoms. The Morgan fingerprint density at radius 1 is 1.25 bits per heavy atom. The molecule has 0 fully saturated rings. The molecule has 0 nitrogen and oxygen atoms in total. The Balaban J connectivity index is 2.18. The lowest BCUT2D eigenvalue weighted by atomic mass is 9.50. The van der Waals surface area contributed by atoms with Gasteiger partial charge in [-0.05, 0) is 31.6 Å². The molecule has 1 rings (SSSR count). The lowest BCUT2D eigenvalue weighted by Gasteiger charge is -2.16. The molecule has 1 unspecified atom stereocenters. The van der Waals surface area contributed by atoms with E-state index in [1.807, 2.05) is 0 Å². The summed E-state index contributed by atoms with van der Waals surface area (Å²) in [7, 11) is 2.30. The van der Waals surface area contributed by atoms with Crippen molar-refractivity contribution in [3.05, 3.63) is 12.2 Å². The fourth-order valence-electron chi connectivity index (χ4n) is 1.72. The summed E-state index contributed by atoms with van der Waals surface area (Å²) in [5.74, 6) is 0.945. The third kappa shape index (κ3) is 4.58. The molecule has 0 aromatic carbocycles. The SMILES string of the molecule is I[B][B]CC1CC/C=C/CCC1. The first kappa shape index (κ1) is 10.7. The molecule has 0 N–H and O–H groups in total.